The number of rotatable bonds is 2. The summed E-state index contributed by atoms with van der Waals surface area (Å²) in [7, 11) is 3.19. The standard InChI is InChI=1S/C29H33N5O6S/c1-18-28(41-32-31-18)29(37)34-12-11-22-25(15-34)39-17-20-5-4-6-21(13-20)40-23-9-7-19(14-24(23)38-3)8-10-27(36)33(2)16-26(35)30-22/h4-7,9,13-14,22,25H,8,10-12,15-17H2,1-3H3,(H,30,35)/t22-,25-/m0/s1. The summed E-state index contributed by atoms with van der Waals surface area (Å²) in [6, 6.07) is 12.8. The predicted octanol–water partition coefficient (Wildman–Crippen LogP) is 2.97. The van der Waals surface area contributed by atoms with E-state index in [9.17, 15) is 14.4 Å². The summed E-state index contributed by atoms with van der Waals surface area (Å²) >= 11 is 1.07. The maximum Gasteiger partial charge on any atom is 0.267 e. The highest BCUT2D eigenvalue weighted by Gasteiger charge is 2.35. The molecule has 3 aromatic rings. The molecular formula is C29H33N5O6S. The molecule has 12 heteroatoms. The Balaban J connectivity index is 1.40. The molecule has 0 radical (unpaired) electrons. The number of nitrogens with one attached hydrogen (secondary N) is 1. The van der Waals surface area contributed by atoms with Gasteiger partial charge in [-0.15, -0.1) is 5.10 Å². The van der Waals surface area contributed by atoms with Crippen LogP contribution in [0.5, 0.6) is 17.2 Å². The monoisotopic (exact) mass is 579 g/mol. The molecule has 4 heterocycles. The Bertz CT molecular complexity index is 1430. The minimum Gasteiger partial charge on any atom is -0.493 e. The number of ether oxygens (including phenoxy) is 3. The van der Waals surface area contributed by atoms with Crippen LogP contribution in [0.2, 0.25) is 0 Å². The Morgan fingerprint density at radius 3 is 2.78 bits per heavy atom. The number of hydrogen-bond donors (Lipinski definition) is 1. The zero-order valence-corrected chi connectivity index (χ0v) is 24.1. The third-order valence-corrected chi connectivity index (χ3v) is 8.11. The van der Waals surface area contributed by atoms with Gasteiger partial charge in [0.25, 0.3) is 5.91 Å². The zero-order chi connectivity index (χ0) is 28.9. The van der Waals surface area contributed by atoms with Gasteiger partial charge in [-0.3, -0.25) is 14.4 Å². The molecule has 1 N–H and O–H groups in total. The number of carbonyl (C=O) groups is 3. The van der Waals surface area contributed by atoms with E-state index in [1.165, 1.54) is 4.90 Å². The second-order valence-corrected chi connectivity index (χ2v) is 11.0. The molecule has 41 heavy (non-hydrogen) atoms. The number of likely N-dealkylation sites (N-methyl/N-ethyl adjacent to an activating group) is 1. The van der Waals surface area contributed by atoms with Crippen molar-refractivity contribution in [1.29, 1.82) is 0 Å². The topological polar surface area (TPSA) is 123 Å². The van der Waals surface area contributed by atoms with Crippen molar-refractivity contribution in [3.8, 4) is 17.2 Å². The molecule has 6 rings (SSSR count). The first-order chi connectivity index (χ1) is 19.8. The van der Waals surface area contributed by atoms with Gasteiger partial charge in [0.1, 0.15) is 10.6 Å². The number of aromatic nitrogens is 2. The molecular weight excluding hydrogens is 546 g/mol. The second-order valence-electron chi connectivity index (χ2n) is 10.2. The van der Waals surface area contributed by atoms with E-state index in [0.717, 1.165) is 22.7 Å². The first kappa shape index (κ1) is 28.5. The SMILES string of the molecule is COc1cc2ccc1Oc1cccc(c1)CO[C@H]1CN(C(=O)c3snnc3C)CC[C@@H]1NC(=O)CN(C)C(=O)CC2. The number of benzene rings is 2. The lowest BCUT2D eigenvalue weighted by Crippen LogP contribution is -2.57. The van der Waals surface area contributed by atoms with E-state index in [1.54, 1.807) is 26.0 Å². The van der Waals surface area contributed by atoms with Gasteiger partial charge in [-0.25, -0.2) is 0 Å². The number of aryl methyl sites for hydroxylation is 2. The molecule has 1 saturated heterocycles. The summed E-state index contributed by atoms with van der Waals surface area (Å²) in [4.78, 5) is 42.7. The molecule has 1 aromatic heterocycles. The van der Waals surface area contributed by atoms with E-state index < -0.39 is 6.10 Å². The molecule has 0 spiro atoms. The van der Waals surface area contributed by atoms with Crippen LogP contribution < -0.4 is 14.8 Å². The lowest BCUT2D eigenvalue weighted by atomic mass is 10.0. The highest BCUT2D eigenvalue weighted by molar-refractivity contribution is 7.07. The first-order valence-electron chi connectivity index (χ1n) is 13.5. The smallest absolute Gasteiger partial charge is 0.267 e. The Kier molecular flexibility index (Phi) is 8.79. The van der Waals surface area contributed by atoms with Crippen LogP contribution in [0.1, 0.15) is 39.3 Å². The van der Waals surface area contributed by atoms with E-state index in [4.69, 9.17) is 14.2 Å². The van der Waals surface area contributed by atoms with Crippen molar-refractivity contribution >= 4 is 29.3 Å². The molecule has 3 aliphatic heterocycles. The Morgan fingerprint density at radius 2 is 2.00 bits per heavy atom. The van der Waals surface area contributed by atoms with Crippen molar-refractivity contribution in [2.24, 2.45) is 0 Å². The van der Waals surface area contributed by atoms with Crippen LogP contribution in [-0.2, 0) is 27.4 Å². The first-order valence-corrected chi connectivity index (χ1v) is 14.2. The molecule has 4 bridgehead atoms. The van der Waals surface area contributed by atoms with Gasteiger partial charge in [-0.1, -0.05) is 22.7 Å². The summed E-state index contributed by atoms with van der Waals surface area (Å²) < 4.78 is 21.9. The van der Waals surface area contributed by atoms with E-state index >= 15 is 0 Å². The van der Waals surface area contributed by atoms with Crippen molar-refractivity contribution < 1.29 is 28.6 Å². The zero-order valence-electron chi connectivity index (χ0n) is 23.3. The molecule has 3 aliphatic rings. The molecule has 0 aliphatic carbocycles. The number of fused-ring (bicyclic) bond motifs is 9. The third kappa shape index (κ3) is 6.83. The molecule has 0 unspecified atom stereocenters. The Labute approximate surface area is 242 Å². The lowest BCUT2D eigenvalue weighted by Gasteiger charge is -2.38. The summed E-state index contributed by atoms with van der Waals surface area (Å²) in [6.45, 7) is 2.66. The summed E-state index contributed by atoms with van der Waals surface area (Å²) in [5.74, 6) is 1.16. The van der Waals surface area contributed by atoms with Crippen molar-refractivity contribution in [2.75, 3.05) is 33.8 Å². The van der Waals surface area contributed by atoms with Gasteiger partial charge in [0.05, 0.1) is 38.1 Å². The number of methoxy groups -OCH3 is 1. The van der Waals surface area contributed by atoms with E-state index in [1.807, 2.05) is 42.5 Å². The fourth-order valence-corrected chi connectivity index (χ4v) is 5.61. The minimum absolute atomic E-state index is 0.0748. The number of piperidine rings is 1. The molecule has 2 aromatic carbocycles. The van der Waals surface area contributed by atoms with E-state index in [2.05, 4.69) is 14.9 Å². The predicted molar refractivity (Wildman–Crippen MR) is 151 cm³/mol. The van der Waals surface area contributed by atoms with Crippen LogP contribution in [0, 0.1) is 6.92 Å². The third-order valence-electron chi connectivity index (χ3n) is 7.29. The molecule has 3 amide bonds. The minimum atomic E-state index is -0.474. The number of hydrogen-bond acceptors (Lipinski definition) is 9. The Morgan fingerprint density at radius 1 is 1.15 bits per heavy atom. The highest BCUT2D eigenvalue weighted by Crippen LogP contribution is 2.33. The number of carbonyl (C=O) groups excluding carboxylic acids is 3. The van der Waals surface area contributed by atoms with Crippen LogP contribution in [0.15, 0.2) is 42.5 Å². The van der Waals surface area contributed by atoms with Crippen LogP contribution in [0.3, 0.4) is 0 Å². The maximum atomic E-state index is 13.2. The van der Waals surface area contributed by atoms with E-state index in [0.29, 0.717) is 47.2 Å². The molecule has 11 nitrogen and oxygen atoms in total. The van der Waals surface area contributed by atoms with Crippen molar-refractivity contribution in [2.45, 2.75) is 44.9 Å². The van der Waals surface area contributed by atoms with Gasteiger partial charge in [0, 0.05) is 26.6 Å². The summed E-state index contributed by atoms with van der Waals surface area (Å²) in [5.41, 5.74) is 2.39. The van der Waals surface area contributed by atoms with Crippen molar-refractivity contribution in [1.82, 2.24) is 24.7 Å². The quantitative estimate of drug-likeness (QED) is 0.492. The fraction of sp³-hybridized carbons (Fsp3) is 0.414. The van der Waals surface area contributed by atoms with E-state index in [-0.39, 0.29) is 49.9 Å². The van der Waals surface area contributed by atoms with Gasteiger partial charge >= 0.3 is 0 Å². The van der Waals surface area contributed by atoms with Gasteiger partial charge in [-0.2, -0.15) is 0 Å². The van der Waals surface area contributed by atoms with Gasteiger partial charge in [0.2, 0.25) is 11.8 Å². The summed E-state index contributed by atoms with van der Waals surface area (Å²) in [5, 5.41) is 7.01. The average molecular weight is 580 g/mol. The lowest BCUT2D eigenvalue weighted by molar-refractivity contribution is -0.135. The highest BCUT2D eigenvalue weighted by atomic mass is 32.1. The molecule has 0 saturated carbocycles. The number of amides is 3. The van der Waals surface area contributed by atoms with Crippen LogP contribution in [0.4, 0.5) is 0 Å². The fourth-order valence-electron chi connectivity index (χ4n) is 4.99. The van der Waals surface area contributed by atoms with Gasteiger partial charge in [-0.05, 0) is 66.7 Å². The number of nitrogens with zero attached hydrogens (tertiary/aromatic N) is 4. The maximum absolute atomic E-state index is 13.2. The molecule has 1 fully saturated rings. The largest absolute Gasteiger partial charge is 0.493 e. The Hall–Kier alpha value is -4.03. The van der Waals surface area contributed by atoms with Crippen LogP contribution >= 0.6 is 11.5 Å². The average Bonchev–Trinajstić information content (AvgIpc) is 3.40. The van der Waals surface area contributed by atoms with Gasteiger partial charge < -0.3 is 29.3 Å². The normalized spacial score (nSPS) is 20.3. The molecule has 216 valence electrons. The number of likely N-dealkylation sites (tertiary alicyclic amines) is 1. The van der Waals surface area contributed by atoms with Crippen LogP contribution in [0.25, 0.3) is 0 Å². The van der Waals surface area contributed by atoms with Gasteiger partial charge in [0.15, 0.2) is 11.5 Å². The van der Waals surface area contributed by atoms with Crippen LogP contribution in [-0.4, -0.2) is 83.0 Å². The van der Waals surface area contributed by atoms with Crippen molar-refractivity contribution in [3.05, 3.63) is 64.2 Å². The van der Waals surface area contributed by atoms with Crippen molar-refractivity contribution in [3.63, 3.8) is 0 Å². The molecule has 2 atom stereocenters. The second kappa shape index (κ2) is 12.6. The summed E-state index contributed by atoms with van der Waals surface area (Å²) in [6.07, 6.45) is 0.765.